The molecule has 2 spiro atoms. The molecule has 2 saturated heterocycles. The molecule has 33 heavy (non-hydrogen) atoms. The van der Waals surface area contributed by atoms with E-state index >= 15 is 0 Å². The maximum Gasteiger partial charge on any atom is 0.317 e. The molecular formula is C24H26N6O3. The van der Waals surface area contributed by atoms with Crippen molar-refractivity contribution >= 4 is 17.6 Å². The van der Waals surface area contributed by atoms with E-state index in [1.54, 1.807) is 21.9 Å². The molecule has 5 heterocycles. The van der Waals surface area contributed by atoms with Crippen LogP contribution >= 0.6 is 0 Å². The molecular weight excluding hydrogens is 420 g/mol. The molecule has 3 amide bonds. The number of fused-ring (bicyclic) bond motifs is 3. The lowest BCUT2D eigenvalue weighted by molar-refractivity contribution is -0.128. The first kappa shape index (κ1) is 20.0. The molecule has 3 aliphatic heterocycles. The van der Waals surface area contributed by atoms with E-state index in [2.05, 4.69) is 26.7 Å². The quantitative estimate of drug-likeness (QED) is 0.639. The van der Waals surface area contributed by atoms with E-state index in [1.165, 1.54) is 0 Å². The zero-order chi connectivity index (χ0) is 22.6. The van der Waals surface area contributed by atoms with Gasteiger partial charge in [-0.3, -0.25) is 14.4 Å². The number of aryl methyl sites for hydroxylation is 1. The highest BCUT2D eigenvalue weighted by atomic mass is 16.3. The van der Waals surface area contributed by atoms with Crippen molar-refractivity contribution in [1.82, 2.24) is 24.9 Å². The van der Waals surface area contributed by atoms with Crippen LogP contribution in [0.1, 0.15) is 16.9 Å². The van der Waals surface area contributed by atoms with Crippen molar-refractivity contribution in [3.8, 4) is 0 Å². The van der Waals surface area contributed by atoms with Crippen molar-refractivity contribution in [3.05, 3.63) is 71.9 Å². The zero-order valence-corrected chi connectivity index (χ0v) is 18.5. The third-order valence-corrected chi connectivity index (χ3v) is 7.35. The third-order valence-electron chi connectivity index (χ3n) is 7.35. The smallest absolute Gasteiger partial charge is 0.317 e. The highest BCUT2D eigenvalue weighted by Crippen LogP contribution is 2.58. The van der Waals surface area contributed by atoms with Crippen molar-refractivity contribution in [2.45, 2.75) is 18.5 Å². The number of rotatable bonds is 4. The van der Waals surface area contributed by atoms with Crippen LogP contribution in [0, 0.1) is 5.41 Å². The lowest BCUT2D eigenvalue weighted by atomic mass is 9.58. The van der Waals surface area contributed by atoms with Gasteiger partial charge >= 0.3 is 6.03 Å². The third kappa shape index (κ3) is 2.99. The number of nitrogens with one attached hydrogen (secondary N) is 2. The van der Waals surface area contributed by atoms with E-state index in [0.29, 0.717) is 31.9 Å². The van der Waals surface area contributed by atoms with Gasteiger partial charge in [0.05, 0.1) is 24.4 Å². The van der Waals surface area contributed by atoms with Crippen LogP contribution < -0.4 is 10.6 Å². The van der Waals surface area contributed by atoms with Crippen molar-refractivity contribution in [2.75, 3.05) is 31.5 Å². The minimum atomic E-state index is -0.677. The van der Waals surface area contributed by atoms with Crippen LogP contribution in [0.5, 0.6) is 0 Å². The van der Waals surface area contributed by atoms with Crippen molar-refractivity contribution in [1.29, 1.82) is 0 Å². The van der Waals surface area contributed by atoms with E-state index in [1.807, 2.05) is 43.7 Å². The van der Waals surface area contributed by atoms with Crippen LogP contribution in [0.4, 0.5) is 10.5 Å². The van der Waals surface area contributed by atoms with E-state index in [-0.39, 0.29) is 17.4 Å². The molecule has 2 N–H and O–H groups in total. The largest absolute Gasteiger partial charge is 0.467 e. The molecule has 3 aromatic rings. The Morgan fingerprint density at radius 2 is 2.03 bits per heavy atom. The highest BCUT2D eigenvalue weighted by Gasteiger charge is 2.70. The van der Waals surface area contributed by atoms with Crippen molar-refractivity contribution in [3.63, 3.8) is 0 Å². The molecule has 9 heteroatoms. The van der Waals surface area contributed by atoms with Crippen LogP contribution in [-0.2, 0) is 30.3 Å². The first-order chi connectivity index (χ1) is 16.0. The van der Waals surface area contributed by atoms with Crippen LogP contribution in [0.3, 0.4) is 0 Å². The number of carbonyl (C=O) groups is 2. The summed E-state index contributed by atoms with van der Waals surface area (Å²) in [5.41, 5.74) is 2.02. The molecule has 0 bridgehead atoms. The molecule has 2 fully saturated rings. The number of benzene rings is 1. The standard InChI is InChI=1S/C24H26N6O3/c1-28-11-17(9-26-28)12-29-13-23(14-30(15-23)22(32)25-10-18-5-4-8-33-18)24(16-29)19-6-2-3-7-20(19)27-21(24)31/h2-9,11H,10,12-16H2,1H3,(H,25,32)(H,27,31)/t24-/m1/s1. The topological polar surface area (TPSA) is 95.6 Å². The second kappa shape index (κ2) is 7.21. The summed E-state index contributed by atoms with van der Waals surface area (Å²) in [6.45, 7) is 3.48. The number of likely N-dealkylation sites (tertiary alicyclic amines) is 2. The summed E-state index contributed by atoms with van der Waals surface area (Å²) in [5.74, 6) is 0.746. The first-order valence-electron chi connectivity index (χ1n) is 11.2. The monoisotopic (exact) mass is 446 g/mol. The Balaban J connectivity index is 1.27. The lowest BCUT2D eigenvalue weighted by Crippen LogP contribution is -2.69. The number of nitrogens with zero attached hydrogens (tertiary/aromatic N) is 4. The Morgan fingerprint density at radius 1 is 1.18 bits per heavy atom. The summed E-state index contributed by atoms with van der Waals surface area (Å²) in [7, 11) is 1.91. The summed E-state index contributed by atoms with van der Waals surface area (Å²) >= 11 is 0. The molecule has 170 valence electrons. The van der Waals surface area contributed by atoms with E-state index in [4.69, 9.17) is 4.42 Å². The second-order valence-electron chi connectivity index (χ2n) is 9.45. The van der Waals surface area contributed by atoms with Gasteiger partial charge in [-0.05, 0) is 23.8 Å². The highest BCUT2D eigenvalue weighted by molar-refractivity contribution is 6.08. The van der Waals surface area contributed by atoms with Gasteiger partial charge < -0.3 is 20.0 Å². The van der Waals surface area contributed by atoms with Crippen molar-refractivity contribution in [2.24, 2.45) is 12.5 Å². The van der Waals surface area contributed by atoms with Crippen LogP contribution in [0.15, 0.2) is 59.5 Å². The maximum atomic E-state index is 13.5. The van der Waals surface area contributed by atoms with Gasteiger partial charge in [-0.25, -0.2) is 4.79 Å². The van der Waals surface area contributed by atoms with Crippen LogP contribution in [-0.4, -0.2) is 57.7 Å². The number of hydrogen-bond donors (Lipinski definition) is 2. The molecule has 3 aliphatic rings. The van der Waals surface area contributed by atoms with E-state index in [9.17, 15) is 9.59 Å². The fourth-order valence-electron chi connectivity index (χ4n) is 5.93. The van der Waals surface area contributed by atoms with Gasteiger partial charge in [0, 0.05) is 62.6 Å². The van der Waals surface area contributed by atoms with Gasteiger partial charge in [-0.1, -0.05) is 18.2 Å². The fourth-order valence-corrected chi connectivity index (χ4v) is 5.93. The maximum absolute atomic E-state index is 13.5. The number of amides is 3. The minimum absolute atomic E-state index is 0.0352. The van der Waals surface area contributed by atoms with Gasteiger partial charge in [0.1, 0.15) is 5.76 Å². The first-order valence-corrected chi connectivity index (χ1v) is 11.2. The predicted octanol–water partition coefficient (Wildman–Crippen LogP) is 1.93. The molecule has 2 aromatic heterocycles. The number of furan rings is 1. The number of para-hydroxylation sites is 1. The molecule has 1 aromatic carbocycles. The van der Waals surface area contributed by atoms with Crippen LogP contribution in [0.25, 0.3) is 0 Å². The second-order valence-corrected chi connectivity index (χ2v) is 9.45. The Morgan fingerprint density at radius 3 is 2.79 bits per heavy atom. The summed E-state index contributed by atoms with van der Waals surface area (Å²) in [5, 5.41) is 10.3. The molecule has 0 aliphatic carbocycles. The number of carbonyl (C=O) groups excluding carboxylic acids is 2. The van der Waals surface area contributed by atoms with Gasteiger partial charge in [0.2, 0.25) is 5.91 Å². The van der Waals surface area contributed by atoms with Crippen LogP contribution in [0.2, 0.25) is 0 Å². The Kier molecular flexibility index (Phi) is 4.38. The molecule has 0 radical (unpaired) electrons. The van der Waals surface area contributed by atoms with Crippen molar-refractivity contribution < 1.29 is 14.0 Å². The average Bonchev–Trinajstić information content (AvgIpc) is 3.54. The minimum Gasteiger partial charge on any atom is -0.467 e. The Hall–Kier alpha value is -3.59. The molecule has 1 atom stereocenters. The lowest BCUT2D eigenvalue weighted by Gasteiger charge is -2.54. The molecule has 0 saturated carbocycles. The molecule has 9 nitrogen and oxygen atoms in total. The average molecular weight is 447 g/mol. The number of anilines is 1. The number of hydrogen-bond acceptors (Lipinski definition) is 5. The van der Waals surface area contributed by atoms with Gasteiger partial charge in [0.15, 0.2) is 0 Å². The van der Waals surface area contributed by atoms with E-state index < -0.39 is 5.41 Å². The molecule has 6 rings (SSSR count). The summed E-state index contributed by atoms with van der Waals surface area (Å²) in [6, 6.07) is 11.5. The summed E-state index contributed by atoms with van der Waals surface area (Å²) in [4.78, 5) is 30.5. The summed E-state index contributed by atoms with van der Waals surface area (Å²) in [6.07, 6.45) is 5.47. The Bertz CT molecular complexity index is 1210. The summed E-state index contributed by atoms with van der Waals surface area (Å²) < 4.78 is 7.11. The Labute approximate surface area is 191 Å². The number of aromatic nitrogens is 2. The normalized spacial score (nSPS) is 23.1. The van der Waals surface area contributed by atoms with E-state index in [0.717, 1.165) is 29.9 Å². The molecule has 0 unspecified atom stereocenters. The SMILES string of the molecule is Cn1cc(CN2CC3(CN(C(=O)NCc4ccco4)C3)[C@@]3(C2)C(=O)Nc2ccccc23)cn1. The zero-order valence-electron chi connectivity index (χ0n) is 18.5. The van der Waals surface area contributed by atoms with Gasteiger partial charge in [-0.2, -0.15) is 5.10 Å². The number of urea groups is 1. The predicted molar refractivity (Wildman–Crippen MR) is 120 cm³/mol. The fraction of sp³-hybridized carbons (Fsp3) is 0.375. The van der Waals surface area contributed by atoms with Gasteiger partial charge in [0.25, 0.3) is 0 Å². The van der Waals surface area contributed by atoms with Gasteiger partial charge in [-0.15, -0.1) is 0 Å².